The van der Waals surface area contributed by atoms with Crippen LogP contribution in [-0.4, -0.2) is 41.8 Å². The number of benzene rings is 1. The van der Waals surface area contributed by atoms with Crippen molar-refractivity contribution in [3.8, 4) is 5.75 Å². The number of aromatic hydroxyl groups is 1. The Morgan fingerprint density at radius 1 is 1.41 bits per heavy atom. The number of phenols is 1. The van der Waals surface area contributed by atoms with Gasteiger partial charge in [-0.25, -0.2) is 0 Å². The minimum Gasteiger partial charge on any atom is -0.508 e. The lowest BCUT2D eigenvalue weighted by atomic mass is 9.59. The van der Waals surface area contributed by atoms with Crippen LogP contribution < -0.4 is 0 Å². The standard InChI is InChI=1S/C19H27NO2/c1-13-18-10-14-5-6-15(21)11-17(14)19(13,2)7-8-20(18)12-16-4-3-9-22-16/h5-6,11,13,16,18,21H,3-4,7-10,12H2,1-2H3/t13-,16+,18+,19?/m0/s1. The number of likely N-dealkylation sites (tertiary alicyclic amines) is 1. The first-order valence-corrected chi connectivity index (χ1v) is 8.76. The molecule has 3 nitrogen and oxygen atoms in total. The van der Waals surface area contributed by atoms with Crippen LogP contribution in [0.1, 0.15) is 44.2 Å². The number of fused-ring (bicyclic) bond motifs is 4. The number of ether oxygens (including phenoxy) is 1. The summed E-state index contributed by atoms with van der Waals surface area (Å²) in [6.07, 6.45) is 5.17. The van der Waals surface area contributed by atoms with E-state index in [1.54, 1.807) is 0 Å². The summed E-state index contributed by atoms with van der Waals surface area (Å²) in [4.78, 5) is 2.68. The maximum atomic E-state index is 9.90. The Hall–Kier alpha value is -1.06. The van der Waals surface area contributed by atoms with Gasteiger partial charge in [-0.3, -0.25) is 4.90 Å². The minimum atomic E-state index is 0.198. The molecule has 0 spiro atoms. The molecule has 1 aromatic carbocycles. The first-order valence-electron chi connectivity index (χ1n) is 8.76. The molecule has 1 N–H and O–H groups in total. The van der Waals surface area contributed by atoms with Crippen molar-refractivity contribution in [3.63, 3.8) is 0 Å². The van der Waals surface area contributed by atoms with Crippen LogP contribution in [-0.2, 0) is 16.6 Å². The molecule has 120 valence electrons. The zero-order valence-electron chi connectivity index (χ0n) is 13.7. The Kier molecular flexibility index (Phi) is 3.46. The van der Waals surface area contributed by atoms with Gasteiger partial charge in [0.1, 0.15) is 5.75 Å². The molecule has 3 aliphatic rings. The summed E-state index contributed by atoms with van der Waals surface area (Å²) in [5.41, 5.74) is 3.01. The van der Waals surface area contributed by atoms with E-state index >= 15 is 0 Å². The fourth-order valence-electron chi connectivity index (χ4n) is 4.97. The number of nitrogens with zero attached hydrogens (tertiary/aromatic N) is 1. The molecule has 4 atom stereocenters. The van der Waals surface area contributed by atoms with Crippen LogP contribution in [0.15, 0.2) is 18.2 Å². The van der Waals surface area contributed by atoms with Gasteiger partial charge in [-0.05, 0) is 66.8 Å². The van der Waals surface area contributed by atoms with Crippen molar-refractivity contribution in [2.24, 2.45) is 5.92 Å². The van der Waals surface area contributed by atoms with E-state index in [0.717, 1.165) is 26.1 Å². The second kappa shape index (κ2) is 5.24. The van der Waals surface area contributed by atoms with Gasteiger partial charge in [0.25, 0.3) is 0 Å². The lowest BCUT2D eigenvalue weighted by Gasteiger charge is -2.55. The summed E-state index contributed by atoms with van der Waals surface area (Å²) in [6, 6.07) is 6.60. The van der Waals surface area contributed by atoms with Crippen molar-refractivity contribution in [2.75, 3.05) is 19.7 Å². The highest BCUT2D eigenvalue weighted by Gasteiger charge is 2.48. The van der Waals surface area contributed by atoms with Gasteiger partial charge in [-0.15, -0.1) is 0 Å². The highest BCUT2D eigenvalue weighted by atomic mass is 16.5. The average Bonchev–Trinajstić information content (AvgIpc) is 3.00. The van der Waals surface area contributed by atoms with Crippen LogP contribution in [0.25, 0.3) is 0 Å². The van der Waals surface area contributed by atoms with Crippen molar-refractivity contribution in [1.82, 2.24) is 4.90 Å². The molecule has 2 aliphatic heterocycles. The van der Waals surface area contributed by atoms with E-state index in [4.69, 9.17) is 4.74 Å². The third-order valence-corrected chi connectivity index (χ3v) is 6.57. The molecule has 0 aromatic heterocycles. The second-order valence-electron chi connectivity index (χ2n) is 7.70. The third-order valence-electron chi connectivity index (χ3n) is 6.57. The summed E-state index contributed by atoms with van der Waals surface area (Å²) >= 11 is 0. The van der Waals surface area contributed by atoms with Gasteiger partial charge >= 0.3 is 0 Å². The Morgan fingerprint density at radius 3 is 3.05 bits per heavy atom. The quantitative estimate of drug-likeness (QED) is 0.911. The van der Waals surface area contributed by atoms with E-state index in [-0.39, 0.29) is 5.41 Å². The van der Waals surface area contributed by atoms with Crippen molar-refractivity contribution in [3.05, 3.63) is 29.3 Å². The maximum absolute atomic E-state index is 9.90. The molecule has 1 aliphatic carbocycles. The molecular weight excluding hydrogens is 274 g/mol. The van der Waals surface area contributed by atoms with Crippen LogP contribution >= 0.6 is 0 Å². The topological polar surface area (TPSA) is 32.7 Å². The number of hydrogen-bond donors (Lipinski definition) is 1. The molecule has 22 heavy (non-hydrogen) atoms. The summed E-state index contributed by atoms with van der Waals surface area (Å²) in [7, 11) is 0. The van der Waals surface area contributed by atoms with Gasteiger partial charge < -0.3 is 9.84 Å². The number of phenolic OH excluding ortho intramolecular Hbond substituents is 1. The lowest BCUT2D eigenvalue weighted by molar-refractivity contribution is -0.00671. The van der Waals surface area contributed by atoms with Crippen molar-refractivity contribution in [2.45, 2.75) is 57.1 Å². The minimum absolute atomic E-state index is 0.198. The highest BCUT2D eigenvalue weighted by molar-refractivity contribution is 5.44. The first-order chi connectivity index (χ1) is 10.6. The fourth-order valence-corrected chi connectivity index (χ4v) is 4.97. The van der Waals surface area contributed by atoms with Gasteiger partial charge in [-0.1, -0.05) is 19.9 Å². The van der Waals surface area contributed by atoms with Gasteiger partial charge in [0, 0.05) is 19.2 Å². The van der Waals surface area contributed by atoms with Crippen molar-refractivity contribution in [1.29, 1.82) is 0 Å². The van der Waals surface area contributed by atoms with E-state index in [1.807, 2.05) is 12.1 Å². The SMILES string of the molecule is C[C@H]1[C@H]2Cc3ccc(O)cc3C1(C)CCN2C[C@H]1CCCO1. The van der Waals surface area contributed by atoms with Crippen LogP contribution in [0.2, 0.25) is 0 Å². The Balaban J connectivity index is 1.63. The van der Waals surface area contributed by atoms with E-state index in [0.29, 0.717) is 23.8 Å². The van der Waals surface area contributed by atoms with Crippen LogP contribution in [0.5, 0.6) is 5.75 Å². The molecule has 2 saturated heterocycles. The van der Waals surface area contributed by atoms with E-state index in [2.05, 4.69) is 24.8 Å². The zero-order chi connectivity index (χ0) is 15.3. The van der Waals surface area contributed by atoms with Crippen LogP contribution in [0.4, 0.5) is 0 Å². The van der Waals surface area contributed by atoms with Gasteiger partial charge in [0.15, 0.2) is 0 Å². The molecule has 1 unspecified atom stereocenters. The second-order valence-corrected chi connectivity index (χ2v) is 7.70. The summed E-state index contributed by atoms with van der Waals surface area (Å²) in [5, 5.41) is 9.90. The number of piperidine rings is 1. The average molecular weight is 301 g/mol. The summed E-state index contributed by atoms with van der Waals surface area (Å²) in [5.74, 6) is 1.03. The molecule has 1 aromatic rings. The molecule has 3 heteroatoms. The smallest absolute Gasteiger partial charge is 0.115 e. The highest BCUT2D eigenvalue weighted by Crippen LogP contribution is 2.49. The molecule has 2 heterocycles. The Labute approximate surface area is 133 Å². The molecule has 2 bridgehead atoms. The normalized spacial score (nSPS) is 38.0. The number of rotatable bonds is 2. The number of hydrogen-bond acceptors (Lipinski definition) is 3. The molecular formula is C19H27NO2. The van der Waals surface area contributed by atoms with Crippen LogP contribution in [0, 0.1) is 5.92 Å². The van der Waals surface area contributed by atoms with E-state index < -0.39 is 0 Å². The predicted molar refractivity (Wildman–Crippen MR) is 87.3 cm³/mol. The largest absolute Gasteiger partial charge is 0.508 e. The lowest BCUT2D eigenvalue weighted by Crippen LogP contribution is -2.59. The molecule has 2 fully saturated rings. The maximum Gasteiger partial charge on any atom is 0.115 e. The molecule has 0 radical (unpaired) electrons. The van der Waals surface area contributed by atoms with Gasteiger partial charge in [-0.2, -0.15) is 0 Å². The van der Waals surface area contributed by atoms with Crippen LogP contribution in [0.3, 0.4) is 0 Å². The molecule has 0 amide bonds. The van der Waals surface area contributed by atoms with Gasteiger partial charge in [0.05, 0.1) is 6.10 Å². The van der Waals surface area contributed by atoms with Crippen molar-refractivity contribution < 1.29 is 9.84 Å². The summed E-state index contributed by atoms with van der Waals surface area (Å²) < 4.78 is 5.86. The van der Waals surface area contributed by atoms with Gasteiger partial charge in [0.2, 0.25) is 0 Å². The fraction of sp³-hybridized carbons (Fsp3) is 0.684. The first kappa shape index (κ1) is 14.5. The van der Waals surface area contributed by atoms with E-state index in [9.17, 15) is 5.11 Å². The predicted octanol–water partition coefficient (Wildman–Crippen LogP) is 3.10. The monoisotopic (exact) mass is 301 g/mol. The summed E-state index contributed by atoms with van der Waals surface area (Å²) in [6.45, 7) is 7.99. The van der Waals surface area contributed by atoms with Crippen molar-refractivity contribution >= 4 is 0 Å². The zero-order valence-corrected chi connectivity index (χ0v) is 13.7. The molecule has 0 saturated carbocycles. The molecule has 4 rings (SSSR count). The van der Waals surface area contributed by atoms with E-state index in [1.165, 1.54) is 30.4 Å². The Morgan fingerprint density at radius 2 is 2.27 bits per heavy atom. The Bertz CT molecular complexity index is 567. The third kappa shape index (κ3) is 2.17.